The topological polar surface area (TPSA) is 50.5 Å². The van der Waals surface area contributed by atoms with Gasteiger partial charge in [0.1, 0.15) is 29.2 Å². The minimum atomic E-state index is -1.11. The third kappa shape index (κ3) is 1.55. The van der Waals surface area contributed by atoms with E-state index in [2.05, 4.69) is 4.90 Å². The number of anilines is 1. The molecule has 0 fully saturated rings. The average Bonchev–Trinajstić information content (AvgIpc) is 3.07. The molecule has 4 rings (SSSR count). The first kappa shape index (κ1) is 14.0. The predicted molar refractivity (Wildman–Crippen MR) is 90.0 cm³/mol. The molecule has 0 bridgehead atoms. The van der Waals surface area contributed by atoms with E-state index < -0.39 is 5.41 Å². The van der Waals surface area contributed by atoms with Crippen molar-refractivity contribution in [2.45, 2.75) is 24.8 Å². The Kier molecular flexibility index (Phi) is 2.85. The van der Waals surface area contributed by atoms with Gasteiger partial charge in [0.2, 0.25) is 0 Å². The fraction of sp³-hybridized carbons (Fsp3) is 0.263. The van der Waals surface area contributed by atoms with Crippen LogP contribution >= 0.6 is 0 Å². The van der Waals surface area contributed by atoms with E-state index in [1.54, 1.807) is 0 Å². The highest BCUT2D eigenvalue weighted by molar-refractivity contribution is 6.15. The summed E-state index contributed by atoms with van der Waals surface area (Å²) in [6.45, 7) is 2.00. The molecule has 23 heavy (non-hydrogen) atoms. The number of carbonyl (C=O) groups is 2. The van der Waals surface area contributed by atoms with Gasteiger partial charge in [-0.1, -0.05) is 31.2 Å². The molecule has 0 saturated carbocycles. The monoisotopic (exact) mass is 307 g/mol. The fourth-order valence-corrected chi connectivity index (χ4v) is 4.09. The average molecular weight is 307 g/mol. The molecule has 0 radical (unpaired) electrons. The molecule has 2 heterocycles. The number of carbonyl (C=O) groups excluding carboxylic acids is 2. The third-order valence-electron chi connectivity index (χ3n) is 5.13. The zero-order chi connectivity index (χ0) is 16.2. The summed E-state index contributed by atoms with van der Waals surface area (Å²) in [6, 6.07) is 11.4. The van der Waals surface area contributed by atoms with Crippen molar-refractivity contribution in [3.05, 3.63) is 42.0 Å². The number of rotatable bonds is 3. The summed E-state index contributed by atoms with van der Waals surface area (Å²) in [5.41, 5.74) is 2.19. The van der Waals surface area contributed by atoms with Gasteiger partial charge in [0.15, 0.2) is 0 Å². The first-order valence-electron chi connectivity index (χ1n) is 7.78. The van der Waals surface area contributed by atoms with Gasteiger partial charge >= 0.3 is 0 Å². The zero-order valence-electron chi connectivity index (χ0n) is 13.1. The molecule has 1 aliphatic rings. The third-order valence-corrected chi connectivity index (χ3v) is 5.13. The number of nitrogens with zero attached hydrogens (tertiary/aromatic N) is 1. The lowest BCUT2D eigenvalue weighted by atomic mass is 9.78. The second-order valence-electron chi connectivity index (χ2n) is 6.14. The lowest BCUT2D eigenvalue weighted by molar-refractivity contribution is -0.122. The van der Waals surface area contributed by atoms with Crippen LogP contribution in [0.1, 0.15) is 18.9 Å². The number of hydrogen-bond acceptors (Lipinski definition) is 4. The molecular formula is C19H17NO3. The number of para-hydroxylation sites is 1. The van der Waals surface area contributed by atoms with E-state index in [1.807, 2.05) is 50.4 Å². The van der Waals surface area contributed by atoms with E-state index >= 15 is 0 Å². The highest BCUT2D eigenvalue weighted by Crippen LogP contribution is 2.49. The molecule has 1 aromatic heterocycles. The van der Waals surface area contributed by atoms with Crippen LogP contribution < -0.4 is 4.90 Å². The predicted octanol–water partition coefficient (Wildman–Crippen LogP) is 3.45. The molecule has 0 N–H and O–H groups in total. The minimum Gasteiger partial charge on any atom is -0.456 e. The maximum atomic E-state index is 11.9. The van der Waals surface area contributed by atoms with Crippen LogP contribution in [0.15, 0.2) is 40.8 Å². The summed E-state index contributed by atoms with van der Waals surface area (Å²) in [4.78, 5) is 25.8. The molecule has 116 valence electrons. The van der Waals surface area contributed by atoms with E-state index in [9.17, 15) is 9.59 Å². The molecule has 4 heteroatoms. The van der Waals surface area contributed by atoms with Crippen LogP contribution in [0.3, 0.4) is 0 Å². The Hall–Kier alpha value is -2.62. The lowest BCUT2D eigenvalue weighted by Gasteiger charge is -2.28. The zero-order valence-corrected chi connectivity index (χ0v) is 13.1. The van der Waals surface area contributed by atoms with E-state index in [0.29, 0.717) is 6.42 Å². The van der Waals surface area contributed by atoms with Crippen LogP contribution in [0.5, 0.6) is 0 Å². The molecule has 2 aromatic carbocycles. The summed E-state index contributed by atoms with van der Waals surface area (Å²) in [5.74, 6) is 0. The van der Waals surface area contributed by atoms with Crippen LogP contribution in [0, 0.1) is 0 Å². The maximum absolute atomic E-state index is 11.9. The van der Waals surface area contributed by atoms with Crippen molar-refractivity contribution in [2.75, 3.05) is 11.9 Å². The largest absolute Gasteiger partial charge is 0.456 e. The summed E-state index contributed by atoms with van der Waals surface area (Å²) in [5, 5.41) is 1.98. The van der Waals surface area contributed by atoms with E-state index in [1.165, 1.54) is 0 Å². The van der Waals surface area contributed by atoms with Crippen LogP contribution in [0.4, 0.5) is 5.69 Å². The Labute approximate surface area is 133 Å². The number of benzene rings is 2. The van der Waals surface area contributed by atoms with Gasteiger partial charge in [-0.05, 0) is 24.1 Å². The summed E-state index contributed by atoms with van der Waals surface area (Å²) in [6.07, 6.45) is 2.30. The Bertz CT molecular complexity index is 932. The van der Waals surface area contributed by atoms with Crippen LogP contribution in [0.25, 0.3) is 21.9 Å². The first-order valence-corrected chi connectivity index (χ1v) is 7.78. The number of furan rings is 1. The van der Waals surface area contributed by atoms with Gasteiger partial charge in [-0.3, -0.25) is 0 Å². The Morgan fingerprint density at radius 1 is 1.13 bits per heavy atom. The molecule has 0 aliphatic carbocycles. The molecule has 1 atom stereocenters. The van der Waals surface area contributed by atoms with Crippen molar-refractivity contribution >= 4 is 40.2 Å². The van der Waals surface area contributed by atoms with Gasteiger partial charge in [0.05, 0.1) is 17.1 Å². The van der Waals surface area contributed by atoms with Gasteiger partial charge in [0, 0.05) is 12.4 Å². The number of likely N-dealkylation sites (N-methyl/N-ethyl adjacent to an activating group) is 1. The summed E-state index contributed by atoms with van der Waals surface area (Å²) >= 11 is 0. The van der Waals surface area contributed by atoms with E-state index in [-0.39, 0.29) is 6.04 Å². The molecular weight excluding hydrogens is 290 g/mol. The van der Waals surface area contributed by atoms with Crippen LogP contribution in [-0.4, -0.2) is 25.7 Å². The van der Waals surface area contributed by atoms with Crippen molar-refractivity contribution in [3.63, 3.8) is 0 Å². The van der Waals surface area contributed by atoms with Gasteiger partial charge in [-0.15, -0.1) is 0 Å². The first-order chi connectivity index (χ1) is 11.2. The molecule has 0 amide bonds. The Morgan fingerprint density at radius 2 is 1.87 bits per heavy atom. The Balaban J connectivity index is 2.17. The minimum absolute atomic E-state index is 0.174. The van der Waals surface area contributed by atoms with Crippen molar-refractivity contribution in [3.8, 4) is 0 Å². The second-order valence-corrected chi connectivity index (χ2v) is 6.14. The second kappa shape index (κ2) is 4.69. The molecule has 0 saturated heterocycles. The van der Waals surface area contributed by atoms with Crippen LogP contribution in [0.2, 0.25) is 0 Å². The number of aldehydes is 2. The molecule has 1 aliphatic heterocycles. The highest BCUT2D eigenvalue weighted by atomic mass is 16.3. The van der Waals surface area contributed by atoms with Gasteiger partial charge in [-0.2, -0.15) is 0 Å². The molecule has 0 spiro atoms. The van der Waals surface area contributed by atoms with Crippen LogP contribution in [-0.2, 0) is 15.0 Å². The number of hydrogen-bond donors (Lipinski definition) is 0. The summed E-state index contributed by atoms with van der Waals surface area (Å²) in [7, 11) is 1.95. The smallest absolute Gasteiger partial charge is 0.139 e. The Morgan fingerprint density at radius 3 is 2.57 bits per heavy atom. The normalized spacial score (nSPS) is 19.2. The van der Waals surface area contributed by atoms with E-state index in [0.717, 1.165) is 45.8 Å². The van der Waals surface area contributed by atoms with Crippen molar-refractivity contribution in [2.24, 2.45) is 0 Å². The quantitative estimate of drug-likeness (QED) is 0.549. The van der Waals surface area contributed by atoms with Crippen molar-refractivity contribution in [1.29, 1.82) is 0 Å². The fourth-order valence-electron chi connectivity index (χ4n) is 4.09. The van der Waals surface area contributed by atoms with Crippen molar-refractivity contribution < 1.29 is 14.0 Å². The van der Waals surface area contributed by atoms with Crippen molar-refractivity contribution in [1.82, 2.24) is 0 Å². The van der Waals surface area contributed by atoms with Gasteiger partial charge in [-0.25, -0.2) is 0 Å². The molecule has 3 aromatic rings. The number of fused-ring (bicyclic) bond motifs is 5. The van der Waals surface area contributed by atoms with E-state index in [4.69, 9.17) is 4.42 Å². The van der Waals surface area contributed by atoms with Gasteiger partial charge in [0.25, 0.3) is 0 Å². The molecule has 1 unspecified atom stereocenters. The summed E-state index contributed by atoms with van der Waals surface area (Å²) < 4.78 is 5.93. The van der Waals surface area contributed by atoms with Gasteiger partial charge < -0.3 is 18.9 Å². The lowest BCUT2D eigenvalue weighted by Crippen LogP contribution is -2.45. The standard InChI is InChI=1S/C19H17NO3/c1-3-16-19(10-21,11-22)13-8-9-15-17(18(13)20(16)2)12-6-4-5-7-14(12)23-15/h4-11,16H,3H2,1-2H3. The highest BCUT2D eigenvalue weighted by Gasteiger charge is 2.50. The maximum Gasteiger partial charge on any atom is 0.139 e. The molecule has 4 nitrogen and oxygen atoms in total. The SMILES string of the molecule is CCC1N(C)c2c(ccc3oc4ccccc4c23)C1(C=O)C=O.